The predicted octanol–water partition coefficient (Wildman–Crippen LogP) is 4.48. The van der Waals surface area contributed by atoms with Crippen molar-refractivity contribution in [3.8, 4) is 16.3 Å². The number of hydrogen-bond donors (Lipinski definition) is 0. The van der Waals surface area contributed by atoms with Gasteiger partial charge in [0.15, 0.2) is 5.13 Å². The molecular formula is C23H23N5O2S2. The molecule has 1 aliphatic rings. The van der Waals surface area contributed by atoms with Crippen LogP contribution in [0.5, 0.6) is 5.75 Å². The zero-order chi connectivity index (χ0) is 22.1. The van der Waals surface area contributed by atoms with Gasteiger partial charge < -0.3 is 14.5 Å². The number of benzene rings is 1. The van der Waals surface area contributed by atoms with Gasteiger partial charge >= 0.3 is 0 Å². The normalized spacial score (nSPS) is 14.2. The Morgan fingerprint density at radius 3 is 2.56 bits per heavy atom. The number of rotatable bonds is 5. The summed E-state index contributed by atoms with van der Waals surface area (Å²) >= 11 is 3.06. The molecule has 3 aromatic heterocycles. The zero-order valence-corrected chi connectivity index (χ0v) is 19.6. The summed E-state index contributed by atoms with van der Waals surface area (Å²) in [6.07, 6.45) is 1.79. The van der Waals surface area contributed by atoms with Crippen molar-refractivity contribution in [2.75, 3.05) is 37.7 Å². The van der Waals surface area contributed by atoms with Crippen LogP contribution in [0.4, 0.5) is 5.13 Å². The van der Waals surface area contributed by atoms with Crippen LogP contribution in [-0.2, 0) is 0 Å². The maximum absolute atomic E-state index is 13.2. The number of amides is 1. The van der Waals surface area contributed by atoms with Crippen molar-refractivity contribution < 1.29 is 9.53 Å². The zero-order valence-electron chi connectivity index (χ0n) is 17.9. The molecular weight excluding hydrogens is 442 g/mol. The van der Waals surface area contributed by atoms with E-state index >= 15 is 0 Å². The van der Waals surface area contributed by atoms with Gasteiger partial charge in [-0.2, -0.15) is 0 Å². The standard InChI is InChI=1S/C23H23N5O2S2/c1-3-30-17-8-6-16(7-9-17)20-25-15(2)19(31-20)22(29)27-11-13-28(14-12-27)23-26-18-5-4-10-24-21(18)32-23/h4-10H,3,11-14H2,1-2H3. The summed E-state index contributed by atoms with van der Waals surface area (Å²) in [5.41, 5.74) is 2.70. The fourth-order valence-electron chi connectivity index (χ4n) is 3.72. The minimum atomic E-state index is 0.0582. The lowest BCUT2D eigenvalue weighted by Gasteiger charge is -2.34. The van der Waals surface area contributed by atoms with Crippen LogP contribution in [0.15, 0.2) is 42.6 Å². The molecule has 32 heavy (non-hydrogen) atoms. The molecule has 0 N–H and O–H groups in total. The van der Waals surface area contributed by atoms with E-state index in [9.17, 15) is 4.79 Å². The minimum absolute atomic E-state index is 0.0582. The second-order valence-electron chi connectivity index (χ2n) is 7.49. The number of carbonyl (C=O) groups is 1. The SMILES string of the molecule is CCOc1ccc(-c2nc(C)c(C(=O)N3CCN(c4nc5cccnc5s4)CC3)s2)cc1. The number of hydrogen-bond acceptors (Lipinski definition) is 8. The van der Waals surface area contributed by atoms with Crippen LogP contribution in [0.1, 0.15) is 22.3 Å². The maximum atomic E-state index is 13.2. The number of fused-ring (bicyclic) bond motifs is 1. The average molecular weight is 466 g/mol. The van der Waals surface area contributed by atoms with Crippen molar-refractivity contribution in [1.29, 1.82) is 0 Å². The fourth-order valence-corrected chi connectivity index (χ4v) is 5.72. The molecule has 4 aromatic rings. The van der Waals surface area contributed by atoms with E-state index in [1.54, 1.807) is 17.5 Å². The summed E-state index contributed by atoms with van der Waals surface area (Å²) in [4.78, 5) is 32.8. The van der Waals surface area contributed by atoms with E-state index in [2.05, 4.69) is 14.9 Å². The largest absolute Gasteiger partial charge is 0.494 e. The second-order valence-corrected chi connectivity index (χ2v) is 9.45. The van der Waals surface area contributed by atoms with Crippen LogP contribution in [0, 0.1) is 6.92 Å². The third-order valence-electron chi connectivity index (χ3n) is 5.40. The highest BCUT2D eigenvalue weighted by atomic mass is 32.1. The van der Waals surface area contributed by atoms with E-state index in [-0.39, 0.29) is 5.91 Å². The fraction of sp³-hybridized carbons (Fsp3) is 0.304. The van der Waals surface area contributed by atoms with Crippen LogP contribution < -0.4 is 9.64 Å². The van der Waals surface area contributed by atoms with Crippen molar-refractivity contribution in [3.63, 3.8) is 0 Å². The van der Waals surface area contributed by atoms with Gasteiger partial charge in [0.05, 0.1) is 12.3 Å². The smallest absolute Gasteiger partial charge is 0.265 e. The molecule has 1 amide bonds. The first-order valence-electron chi connectivity index (χ1n) is 10.6. The molecule has 0 bridgehead atoms. The van der Waals surface area contributed by atoms with Crippen LogP contribution >= 0.6 is 22.7 Å². The summed E-state index contributed by atoms with van der Waals surface area (Å²) in [5.74, 6) is 0.894. The van der Waals surface area contributed by atoms with Gasteiger partial charge in [-0.25, -0.2) is 15.0 Å². The van der Waals surface area contributed by atoms with Gasteiger partial charge in [-0.15, -0.1) is 11.3 Å². The molecule has 0 atom stereocenters. The van der Waals surface area contributed by atoms with E-state index in [0.29, 0.717) is 24.6 Å². The summed E-state index contributed by atoms with van der Waals surface area (Å²) in [5, 5.41) is 1.83. The topological polar surface area (TPSA) is 71.5 Å². The quantitative estimate of drug-likeness (QED) is 0.433. The Morgan fingerprint density at radius 1 is 1.06 bits per heavy atom. The van der Waals surface area contributed by atoms with Gasteiger partial charge in [-0.05, 0) is 50.2 Å². The van der Waals surface area contributed by atoms with Crippen LogP contribution in [0.25, 0.3) is 20.9 Å². The monoisotopic (exact) mass is 465 g/mol. The van der Waals surface area contributed by atoms with Crippen LogP contribution in [-0.4, -0.2) is 58.5 Å². The van der Waals surface area contributed by atoms with Crippen molar-refractivity contribution in [2.45, 2.75) is 13.8 Å². The van der Waals surface area contributed by atoms with Gasteiger partial charge in [0, 0.05) is 37.9 Å². The summed E-state index contributed by atoms with van der Waals surface area (Å²) < 4.78 is 5.51. The molecule has 4 heterocycles. The molecule has 1 fully saturated rings. The van der Waals surface area contributed by atoms with Gasteiger partial charge in [0.2, 0.25) is 0 Å². The van der Waals surface area contributed by atoms with Gasteiger partial charge in [0.25, 0.3) is 5.91 Å². The number of ether oxygens (including phenoxy) is 1. The molecule has 1 saturated heterocycles. The second kappa shape index (κ2) is 8.84. The van der Waals surface area contributed by atoms with Crippen LogP contribution in [0.2, 0.25) is 0 Å². The minimum Gasteiger partial charge on any atom is -0.494 e. The first kappa shape index (κ1) is 20.8. The number of aromatic nitrogens is 3. The predicted molar refractivity (Wildman–Crippen MR) is 129 cm³/mol. The van der Waals surface area contributed by atoms with E-state index < -0.39 is 0 Å². The molecule has 1 aromatic carbocycles. The average Bonchev–Trinajstić information content (AvgIpc) is 3.43. The molecule has 5 rings (SSSR count). The molecule has 0 unspecified atom stereocenters. The number of piperazine rings is 1. The third-order valence-corrected chi connectivity index (χ3v) is 7.63. The van der Waals surface area contributed by atoms with E-state index in [1.165, 1.54) is 11.3 Å². The number of aryl methyl sites for hydroxylation is 1. The Morgan fingerprint density at radius 2 is 1.84 bits per heavy atom. The number of carbonyl (C=O) groups excluding carboxylic acids is 1. The molecule has 7 nitrogen and oxygen atoms in total. The molecule has 1 aliphatic heterocycles. The lowest BCUT2D eigenvalue weighted by atomic mass is 10.2. The maximum Gasteiger partial charge on any atom is 0.265 e. The van der Waals surface area contributed by atoms with Crippen LogP contribution in [0.3, 0.4) is 0 Å². The van der Waals surface area contributed by atoms with Crippen molar-refractivity contribution in [3.05, 3.63) is 53.2 Å². The number of anilines is 1. The lowest BCUT2D eigenvalue weighted by Crippen LogP contribution is -2.48. The van der Waals surface area contributed by atoms with Crippen molar-refractivity contribution in [1.82, 2.24) is 19.9 Å². The molecule has 9 heteroatoms. The number of thiazole rings is 2. The van der Waals surface area contributed by atoms with Crippen molar-refractivity contribution >= 4 is 44.1 Å². The molecule has 0 radical (unpaired) electrons. The number of nitrogens with zero attached hydrogens (tertiary/aromatic N) is 5. The highest BCUT2D eigenvalue weighted by Crippen LogP contribution is 2.31. The van der Waals surface area contributed by atoms with E-state index in [1.807, 2.05) is 55.1 Å². The first-order chi connectivity index (χ1) is 15.6. The lowest BCUT2D eigenvalue weighted by molar-refractivity contribution is 0.0750. The molecule has 0 saturated carbocycles. The Bertz CT molecular complexity index is 1210. The van der Waals surface area contributed by atoms with Gasteiger partial charge in [-0.1, -0.05) is 11.3 Å². The summed E-state index contributed by atoms with van der Waals surface area (Å²) in [7, 11) is 0. The molecule has 164 valence electrons. The summed E-state index contributed by atoms with van der Waals surface area (Å²) in [6, 6.07) is 11.7. The number of pyridine rings is 1. The van der Waals surface area contributed by atoms with Gasteiger partial charge in [-0.3, -0.25) is 4.79 Å². The van der Waals surface area contributed by atoms with Gasteiger partial charge in [0.1, 0.15) is 26.0 Å². The Labute approximate surface area is 194 Å². The first-order valence-corrected chi connectivity index (χ1v) is 12.2. The van der Waals surface area contributed by atoms with E-state index in [0.717, 1.165) is 50.6 Å². The highest BCUT2D eigenvalue weighted by molar-refractivity contribution is 7.21. The highest BCUT2D eigenvalue weighted by Gasteiger charge is 2.27. The Balaban J connectivity index is 1.27. The molecule has 0 spiro atoms. The Hall–Kier alpha value is -3.04. The Kier molecular flexibility index (Phi) is 5.75. The van der Waals surface area contributed by atoms with Crippen molar-refractivity contribution in [2.24, 2.45) is 0 Å². The summed E-state index contributed by atoms with van der Waals surface area (Å²) in [6.45, 7) is 7.36. The third kappa shape index (κ3) is 4.05. The van der Waals surface area contributed by atoms with E-state index in [4.69, 9.17) is 9.72 Å². The molecule has 0 aliphatic carbocycles.